The Morgan fingerprint density at radius 1 is 1.55 bits per heavy atom. The second-order valence-electron chi connectivity index (χ2n) is 5.24. The lowest BCUT2D eigenvalue weighted by Crippen LogP contribution is -2.35. The molecule has 1 aromatic rings. The smallest absolute Gasteiger partial charge is 0.315 e. The fourth-order valence-electron chi connectivity index (χ4n) is 2.53. The molecule has 122 valence electrons. The molecule has 0 aliphatic carbocycles. The number of carbonyl (C=O) groups excluding carboxylic acids is 2. The molecule has 8 heteroatoms. The first-order valence-electron chi connectivity index (χ1n) is 7.23. The molecule has 0 bridgehead atoms. The molecule has 0 spiro atoms. The summed E-state index contributed by atoms with van der Waals surface area (Å²) in [6, 6.07) is 0. The Morgan fingerprint density at radius 3 is 3.05 bits per heavy atom. The highest BCUT2D eigenvalue weighted by atomic mass is 32.2. The zero-order chi connectivity index (χ0) is 15.9. The maximum absolute atomic E-state index is 12.3. The quantitative estimate of drug-likeness (QED) is 0.531. The van der Waals surface area contributed by atoms with E-state index in [1.165, 1.54) is 18.9 Å². The van der Waals surface area contributed by atoms with Gasteiger partial charge in [-0.1, -0.05) is 0 Å². The van der Waals surface area contributed by atoms with Crippen molar-refractivity contribution in [2.75, 3.05) is 38.2 Å². The van der Waals surface area contributed by atoms with E-state index in [1.54, 1.807) is 4.68 Å². The topological polar surface area (TPSA) is 85.2 Å². The molecule has 1 aliphatic rings. The van der Waals surface area contributed by atoms with Crippen LogP contribution in [-0.4, -0.2) is 59.9 Å². The third-order valence-corrected chi connectivity index (χ3v) is 4.63. The van der Waals surface area contributed by atoms with Gasteiger partial charge in [-0.2, -0.15) is 5.10 Å². The Morgan fingerprint density at radius 2 is 2.36 bits per heavy atom. The zero-order valence-corrected chi connectivity index (χ0v) is 13.7. The van der Waals surface area contributed by atoms with Gasteiger partial charge in [0.15, 0.2) is 0 Å². The van der Waals surface area contributed by atoms with Crippen LogP contribution in [0.15, 0.2) is 12.4 Å². The maximum atomic E-state index is 12.3. The average Bonchev–Trinajstić information content (AvgIpc) is 3.14. The van der Waals surface area contributed by atoms with Crippen molar-refractivity contribution in [3.63, 3.8) is 0 Å². The molecule has 22 heavy (non-hydrogen) atoms. The number of hydrogen-bond donors (Lipinski definition) is 2. The Labute approximate surface area is 134 Å². The van der Waals surface area contributed by atoms with Crippen molar-refractivity contribution in [1.82, 2.24) is 20.4 Å². The molecule has 1 amide bonds. The number of nitrogens with one attached hydrogen (secondary N) is 2. The zero-order valence-electron chi connectivity index (χ0n) is 12.9. The average molecular weight is 326 g/mol. The summed E-state index contributed by atoms with van der Waals surface area (Å²) in [5, 5.41) is 10.4. The Hall–Kier alpha value is -1.54. The lowest BCUT2D eigenvalue weighted by molar-refractivity contribution is -0.137. The summed E-state index contributed by atoms with van der Waals surface area (Å²) in [6.07, 6.45) is 3.79. The maximum Gasteiger partial charge on any atom is 0.315 e. The molecule has 2 heterocycles. The van der Waals surface area contributed by atoms with Gasteiger partial charge in [-0.3, -0.25) is 14.3 Å². The standard InChI is InChI=1S/C14H22N4O3S/c1-18-8-10(5-17-18)11-6-15-7-12(11)14(20)16-3-4-22-9-13(19)21-2/h5,8,11-12,15H,3-4,6-7,9H2,1-2H3,(H,16,20)/t11-,12+/m1/s1. The van der Waals surface area contributed by atoms with Gasteiger partial charge in [0.25, 0.3) is 0 Å². The summed E-state index contributed by atoms with van der Waals surface area (Å²) in [7, 11) is 3.25. The normalized spacial score (nSPS) is 20.8. The highest BCUT2D eigenvalue weighted by molar-refractivity contribution is 7.99. The van der Waals surface area contributed by atoms with Crippen molar-refractivity contribution in [2.45, 2.75) is 5.92 Å². The van der Waals surface area contributed by atoms with E-state index in [9.17, 15) is 9.59 Å². The van der Waals surface area contributed by atoms with Crippen LogP contribution in [0, 0.1) is 5.92 Å². The first kappa shape index (κ1) is 16.8. The lowest BCUT2D eigenvalue weighted by Gasteiger charge is -2.16. The van der Waals surface area contributed by atoms with E-state index in [4.69, 9.17) is 0 Å². The van der Waals surface area contributed by atoms with Crippen LogP contribution in [-0.2, 0) is 21.4 Å². The van der Waals surface area contributed by atoms with Crippen LogP contribution in [0.3, 0.4) is 0 Å². The fraction of sp³-hybridized carbons (Fsp3) is 0.643. The predicted octanol–water partition coefficient (Wildman–Crippen LogP) is -0.254. The Kier molecular flexibility index (Phi) is 6.26. The monoisotopic (exact) mass is 326 g/mol. The van der Waals surface area contributed by atoms with Crippen molar-refractivity contribution in [2.24, 2.45) is 13.0 Å². The van der Waals surface area contributed by atoms with E-state index >= 15 is 0 Å². The number of ether oxygens (including phenoxy) is 1. The van der Waals surface area contributed by atoms with Gasteiger partial charge in [0.2, 0.25) is 5.91 Å². The molecule has 0 unspecified atom stereocenters. The number of aryl methyl sites for hydroxylation is 1. The molecule has 2 rings (SSSR count). The van der Waals surface area contributed by atoms with Crippen molar-refractivity contribution in [1.29, 1.82) is 0 Å². The summed E-state index contributed by atoms with van der Waals surface area (Å²) in [5.41, 5.74) is 1.09. The van der Waals surface area contributed by atoms with Gasteiger partial charge in [0.05, 0.1) is 25.0 Å². The molecule has 1 aliphatic heterocycles. The van der Waals surface area contributed by atoms with Crippen molar-refractivity contribution in [3.05, 3.63) is 18.0 Å². The van der Waals surface area contributed by atoms with Gasteiger partial charge in [-0.05, 0) is 5.56 Å². The fourth-order valence-corrected chi connectivity index (χ4v) is 3.20. The minimum absolute atomic E-state index is 0.0533. The summed E-state index contributed by atoms with van der Waals surface area (Å²) >= 11 is 1.45. The minimum atomic E-state index is -0.243. The van der Waals surface area contributed by atoms with Crippen LogP contribution in [0.2, 0.25) is 0 Å². The van der Waals surface area contributed by atoms with Crippen LogP contribution >= 0.6 is 11.8 Å². The molecule has 0 radical (unpaired) electrons. The molecular formula is C14H22N4O3S. The number of thioether (sulfide) groups is 1. The van der Waals surface area contributed by atoms with Crippen LogP contribution < -0.4 is 10.6 Å². The van der Waals surface area contributed by atoms with E-state index in [1.807, 2.05) is 19.4 Å². The van der Waals surface area contributed by atoms with Crippen LogP contribution in [0.25, 0.3) is 0 Å². The third kappa shape index (κ3) is 4.48. The molecule has 7 nitrogen and oxygen atoms in total. The molecule has 2 N–H and O–H groups in total. The number of esters is 1. The van der Waals surface area contributed by atoms with Gasteiger partial charge in [0.1, 0.15) is 0 Å². The largest absolute Gasteiger partial charge is 0.468 e. The second-order valence-corrected chi connectivity index (χ2v) is 6.34. The number of amides is 1. The van der Waals surface area contributed by atoms with E-state index in [0.29, 0.717) is 24.6 Å². The first-order valence-corrected chi connectivity index (χ1v) is 8.39. The van der Waals surface area contributed by atoms with Crippen LogP contribution in [0.1, 0.15) is 11.5 Å². The summed E-state index contributed by atoms with van der Waals surface area (Å²) < 4.78 is 6.32. The number of methoxy groups -OCH3 is 1. The lowest BCUT2D eigenvalue weighted by atomic mass is 9.90. The van der Waals surface area contributed by atoms with Crippen molar-refractivity contribution < 1.29 is 14.3 Å². The second kappa shape index (κ2) is 8.19. The van der Waals surface area contributed by atoms with Gasteiger partial charge in [-0.25, -0.2) is 0 Å². The highest BCUT2D eigenvalue weighted by Gasteiger charge is 2.34. The third-order valence-electron chi connectivity index (χ3n) is 3.70. The van der Waals surface area contributed by atoms with Gasteiger partial charge in [-0.15, -0.1) is 11.8 Å². The van der Waals surface area contributed by atoms with Crippen LogP contribution in [0.5, 0.6) is 0 Å². The summed E-state index contributed by atoms with van der Waals surface area (Å²) in [6.45, 7) is 2.03. The molecule has 0 aromatic carbocycles. The molecule has 2 atom stereocenters. The summed E-state index contributed by atoms with van der Waals surface area (Å²) in [4.78, 5) is 23.3. The Balaban J connectivity index is 1.75. The SMILES string of the molecule is COC(=O)CSCCNC(=O)[C@H]1CNC[C@@H]1c1cnn(C)c1. The number of carbonyl (C=O) groups is 2. The number of nitrogens with zero attached hydrogens (tertiary/aromatic N) is 2. The van der Waals surface area contributed by atoms with Crippen LogP contribution in [0.4, 0.5) is 0 Å². The van der Waals surface area contributed by atoms with E-state index in [2.05, 4.69) is 20.5 Å². The van der Waals surface area contributed by atoms with Gasteiger partial charge in [0, 0.05) is 44.5 Å². The predicted molar refractivity (Wildman–Crippen MR) is 84.7 cm³/mol. The molecule has 1 aromatic heterocycles. The van der Waals surface area contributed by atoms with Crippen molar-refractivity contribution >= 4 is 23.6 Å². The van der Waals surface area contributed by atoms with Crippen molar-refractivity contribution in [3.8, 4) is 0 Å². The number of aromatic nitrogens is 2. The molecule has 1 saturated heterocycles. The molecule has 1 fully saturated rings. The number of rotatable bonds is 7. The number of hydrogen-bond acceptors (Lipinski definition) is 6. The molecule has 0 saturated carbocycles. The molecular weight excluding hydrogens is 304 g/mol. The highest BCUT2D eigenvalue weighted by Crippen LogP contribution is 2.27. The Bertz CT molecular complexity index is 520. The van der Waals surface area contributed by atoms with Gasteiger partial charge < -0.3 is 15.4 Å². The summed E-state index contributed by atoms with van der Waals surface area (Å²) in [5.74, 6) is 0.908. The van der Waals surface area contributed by atoms with E-state index in [-0.39, 0.29) is 23.7 Å². The van der Waals surface area contributed by atoms with Gasteiger partial charge >= 0.3 is 5.97 Å². The minimum Gasteiger partial charge on any atom is -0.468 e. The first-order chi connectivity index (χ1) is 10.6. The van der Waals surface area contributed by atoms with E-state index in [0.717, 1.165) is 12.1 Å². The van der Waals surface area contributed by atoms with E-state index < -0.39 is 0 Å².